The molecule has 1 aromatic heterocycles. The van der Waals surface area contributed by atoms with Gasteiger partial charge < -0.3 is 25.2 Å². The number of carbonyl (C=O) groups excluding carboxylic acids is 2. The Morgan fingerprint density at radius 1 is 1.07 bits per heavy atom. The van der Waals surface area contributed by atoms with Gasteiger partial charge in [-0.15, -0.1) is 11.3 Å². The van der Waals surface area contributed by atoms with Gasteiger partial charge in [-0.3, -0.25) is 4.79 Å². The lowest BCUT2D eigenvalue weighted by Gasteiger charge is -2.46. The van der Waals surface area contributed by atoms with Gasteiger partial charge in [-0.2, -0.15) is 0 Å². The Balaban J connectivity index is 1.38. The number of hydrogen-bond donors (Lipinski definition) is 3. The molecule has 4 atom stereocenters. The number of rotatable bonds is 10. The number of nitrogens with zero attached hydrogens (tertiary/aromatic N) is 1. The van der Waals surface area contributed by atoms with Gasteiger partial charge in [0.15, 0.2) is 5.78 Å². The zero-order valence-corrected chi connectivity index (χ0v) is 32.8. The first-order chi connectivity index (χ1) is 25.9. The molecule has 0 saturated heterocycles. The molecule has 286 valence electrons. The molecule has 0 radical (unpaired) electrons. The molecule has 3 aromatic carbocycles. The van der Waals surface area contributed by atoms with Crippen molar-refractivity contribution in [1.82, 2.24) is 4.90 Å². The van der Waals surface area contributed by atoms with Crippen molar-refractivity contribution in [2.45, 2.75) is 89.3 Å². The molecule has 0 spiro atoms. The molecule has 10 heteroatoms. The SMILES string of the molecule is COc1ccc(NC(=O)N(CCc2cccs2)CC2(O)CCC3c4ccc(cc4C(=O)Cc4c(F)cccc4Cl)CC(O)CCC(C)=CCCC32C)cc1. The van der Waals surface area contributed by atoms with Crippen LogP contribution in [0.15, 0.2) is 89.8 Å². The monoisotopic (exact) mass is 772 g/mol. The number of aliphatic hydroxyl groups excluding tert-OH is 1. The second kappa shape index (κ2) is 17.2. The smallest absolute Gasteiger partial charge is 0.321 e. The number of anilines is 1. The minimum absolute atomic E-state index is 0.0917. The molecule has 3 aliphatic carbocycles. The maximum absolute atomic E-state index is 15.0. The maximum Gasteiger partial charge on any atom is 0.321 e. The molecule has 3 N–H and O–H groups in total. The molecule has 2 bridgehead atoms. The van der Waals surface area contributed by atoms with Crippen molar-refractivity contribution in [2.24, 2.45) is 5.41 Å². The van der Waals surface area contributed by atoms with Gasteiger partial charge in [-0.25, -0.2) is 9.18 Å². The van der Waals surface area contributed by atoms with Crippen LogP contribution in [-0.4, -0.2) is 58.8 Å². The van der Waals surface area contributed by atoms with Crippen molar-refractivity contribution in [2.75, 3.05) is 25.5 Å². The maximum atomic E-state index is 15.0. The van der Waals surface area contributed by atoms with E-state index in [-0.39, 0.29) is 41.3 Å². The van der Waals surface area contributed by atoms with Crippen LogP contribution in [0.5, 0.6) is 5.75 Å². The van der Waals surface area contributed by atoms with Gasteiger partial charge in [0, 0.05) is 45.1 Å². The third-order valence-electron chi connectivity index (χ3n) is 11.7. The number of halogens is 2. The van der Waals surface area contributed by atoms with Crippen molar-refractivity contribution < 1.29 is 28.9 Å². The summed E-state index contributed by atoms with van der Waals surface area (Å²) in [6.07, 6.45) is 5.97. The summed E-state index contributed by atoms with van der Waals surface area (Å²) in [5, 5.41) is 29.2. The first-order valence-electron chi connectivity index (χ1n) is 18.8. The third-order valence-corrected chi connectivity index (χ3v) is 13.0. The molecule has 3 aliphatic rings. The molecule has 7 nitrogen and oxygen atoms in total. The van der Waals surface area contributed by atoms with E-state index < -0.39 is 22.9 Å². The highest BCUT2D eigenvalue weighted by atomic mass is 35.5. The molecular formula is C44H50ClFN2O5S. The van der Waals surface area contributed by atoms with E-state index in [0.29, 0.717) is 68.5 Å². The van der Waals surface area contributed by atoms with Gasteiger partial charge in [-0.1, -0.05) is 54.4 Å². The number of allylic oxidation sites excluding steroid dienone is 2. The summed E-state index contributed by atoms with van der Waals surface area (Å²) in [5.41, 5.74) is 1.92. The number of carbonyl (C=O) groups is 2. The molecule has 0 aliphatic heterocycles. The van der Waals surface area contributed by atoms with Gasteiger partial charge in [-0.05, 0) is 129 Å². The lowest BCUT2D eigenvalue weighted by Crippen LogP contribution is -2.54. The van der Waals surface area contributed by atoms with E-state index in [1.165, 1.54) is 17.7 Å². The van der Waals surface area contributed by atoms with Crippen molar-refractivity contribution in [3.63, 3.8) is 0 Å². The predicted molar refractivity (Wildman–Crippen MR) is 214 cm³/mol. The summed E-state index contributed by atoms with van der Waals surface area (Å²) in [7, 11) is 1.59. The highest BCUT2D eigenvalue weighted by Gasteiger charge is 2.57. The third kappa shape index (κ3) is 8.92. The number of thiophene rings is 1. The van der Waals surface area contributed by atoms with Crippen LogP contribution in [0, 0.1) is 11.2 Å². The van der Waals surface area contributed by atoms with Crippen LogP contribution < -0.4 is 10.1 Å². The molecule has 7 rings (SSSR count). The van der Waals surface area contributed by atoms with Gasteiger partial charge in [0.05, 0.1) is 25.4 Å². The van der Waals surface area contributed by atoms with E-state index in [1.54, 1.807) is 53.7 Å². The Morgan fingerprint density at radius 3 is 2.59 bits per heavy atom. The van der Waals surface area contributed by atoms with E-state index in [4.69, 9.17) is 16.3 Å². The number of amides is 2. The van der Waals surface area contributed by atoms with Crippen LogP contribution in [0.2, 0.25) is 5.02 Å². The van der Waals surface area contributed by atoms with E-state index in [0.717, 1.165) is 22.4 Å². The average Bonchev–Trinajstić information content (AvgIpc) is 3.76. The van der Waals surface area contributed by atoms with Crippen molar-refractivity contribution >= 4 is 40.4 Å². The van der Waals surface area contributed by atoms with E-state index in [1.807, 2.05) is 35.7 Å². The lowest BCUT2D eigenvalue weighted by molar-refractivity contribution is -0.0762. The molecule has 2 amide bonds. The Labute approximate surface area is 326 Å². The molecular weight excluding hydrogens is 723 g/mol. The Kier molecular flexibility index (Phi) is 12.6. The van der Waals surface area contributed by atoms with Gasteiger partial charge in [0.1, 0.15) is 11.6 Å². The number of ketones is 1. The normalized spacial score (nSPS) is 22.9. The zero-order chi connectivity index (χ0) is 38.5. The van der Waals surface area contributed by atoms with Crippen LogP contribution in [0.25, 0.3) is 0 Å². The Hall–Kier alpha value is -4.02. The quantitative estimate of drug-likeness (QED) is 0.110. The number of fused-ring (bicyclic) bond motifs is 8. The van der Waals surface area contributed by atoms with Crippen molar-refractivity contribution in [3.8, 4) is 5.75 Å². The van der Waals surface area contributed by atoms with Crippen LogP contribution in [0.3, 0.4) is 0 Å². The summed E-state index contributed by atoms with van der Waals surface area (Å²) in [4.78, 5) is 31.3. The number of benzene rings is 3. The van der Waals surface area contributed by atoms with Crippen LogP contribution >= 0.6 is 22.9 Å². The number of ether oxygens (including phenoxy) is 1. The topological polar surface area (TPSA) is 99.1 Å². The molecule has 54 heavy (non-hydrogen) atoms. The van der Waals surface area contributed by atoms with Gasteiger partial charge in [0.25, 0.3) is 0 Å². The minimum Gasteiger partial charge on any atom is -0.497 e. The van der Waals surface area contributed by atoms with E-state index >= 15 is 0 Å². The van der Waals surface area contributed by atoms with Crippen LogP contribution in [0.4, 0.5) is 14.9 Å². The molecule has 1 heterocycles. The number of urea groups is 1. The lowest BCUT2D eigenvalue weighted by atomic mass is 9.64. The minimum atomic E-state index is -1.31. The first-order valence-corrected chi connectivity index (χ1v) is 20.0. The number of Topliss-reactive ketones (excluding diaryl/α,β-unsaturated/α-hetero) is 1. The fourth-order valence-electron chi connectivity index (χ4n) is 8.34. The average molecular weight is 773 g/mol. The molecule has 4 aromatic rings. The van der Waals surface area contributed by atoms with Crippen LogP contribution in [0.1, 0.15) is 90.2 Å². The first kappa shape index (κ1) is 39.7. The number of nitrogens with one attached hydrogen (secondary N) is 1. The Morgan fingerprint density at radius 2 is 1.87 bits per heavy atom. The number of hydrogen-bond acceptors (Lipinski definition) is 6. The highest BCUT2D eigenvalue weighted by Crippen LogP contribution is 2.59. The summed E-state index contributed by atoms with van der Waals surface area (Å²) in [6.45, 7) is 4.66. The van der Waals surface area contributed by atoms with Crippen LogP contribution in [-0.2, 0) is 19.3 Å². The molecule has 1 fully saturated rings. The molecule has 4 unspecified atom stereocenters. The second-order valence-corrected chi connectivity index (χ2v) is 16.6. The van der Waals surface area contributed by atoms with Crippen molar-refractivity contribution in [3.05, 3.63) is 128 Å². The van der Waals surface area contributed by atoms with E-state index in [9.17, 15) is 24.2 Å². The fourth-order valence-corrected chi connectivity index (χ4v) is 9.27. The van der Waals surface area contributed by atoms with Gasteiger partial charge >= 0.3 is 6.03 Å². The summed E-state index contributed by atoms with van der Waals surface area (Å²) >= 11 is 8.03. The second-order valence-electron chi connectivity index (χ2n) is 15.2. The zero-order valence-electron chi connectivity index (χ0n) is 31.2. The summed E-state index contributed by atoms with van der Waals surface area (Å²) < 4.78 is 20.3. The molecule has 1 saturated carbocycles. The predicted octanol–water partition coefficient (Wildman–Crippen LogP) is 9.79. The van der Waals surface area contributed by atoms with Crippen molar-refractivity contribution in [1.29, 1.82) is 0 Å². The fraction of sp³-hybridized carbons (Fsp3) is 0.409. The summed E-state index contributed by atoms with van der Waals surface area (Å²) in [5.74, 6) is -0.384. The van der Waals surface area contributed by atoms with Gasteiger partial charge in [0.2, 0.25) is 0 Å². The standard InChI is InChI=1S/C44H50ClFN2O5S/c1-29-7-5-21-43(2)38(35-18-12-30(25-32(49)15-11-29)26-36(35)41(50)27-37-39(45)9-4-10-40(37)46)19-22-44(43,52)28-48(23-20-34-8-6-24-54-34)42(51)47-31-13-16-33(53-3)17-14-31/h4,6-10,12-14,16-18,24,26,32,38,49,52H,5,11,15,19-23,25,27-28H2,1-3H3,(H,47,51). The largest absolute Gasteiger partial charge is 0.497 e. The highest BCUT2D eigenvalue weighted by molar-refractivity contribution is 7.09. The Bertz CT molecular complexity index is 1950. The van der Waals surface area contributed by atoms with E-state index in [2.05, 4.69) is 25.2 Å². The number of aliphatic hydroxyl groups is 2. The summed E-state index contributed by atoms with van der Waals surface area (Å²) in [6, 6.07) is 21.1. The number of methoxy groups -OCH3 is 1.